The predicted molar refractivity (Wildman–Crippen MR) is 68.9 cm³/mol. The lowest BCUT2D eigenvalue weighted by Crippen LogP contribution is -2.47. The zero-order chi connectivity index (χ0) is 13.8. The zero-order valence-electron chi connectivity index (χ0n) is 11.5. The van der Waals surface area contributed by atoms with Crippen molar-refractivity contribution in [3.05, 3.63) is 0 Å². The maximum Gasteiger partial charge on any atom is 0.242 e. The van der Waals surface area contributed by atoms with Crippen molar-refractivity contribution < 1.29 is 14.7 Å². The third kappa shape index (κ3) is 4.29. The van der Waals surface area contributed by atoms with E-state index in [1.54, 1.807) is 4.90 Å². The molecule has 1 saturated heterocycles. The van der Waals surface area contributed by atoms with Crippen LogP contribution in [0.1, 0.15) is 40.0 Å². The first-order chi connectivity index (χ1) is 8.35. The first-order valence-electron chi connectivity index (χ1n) is 6.53. The number of carbonyl (C=O) groups is 2. The van der Waals surface area contributed by atoms with Crippen molar-refractivity contribution in [1.29, 1.82) is 0 Å². The molecule has 5 nitrogen and oxygen atoms in total. The van der Waals surface area contributed by atoms with Crippen molar-refractivity contribution in [2.45, 2.75) is 46.1 Å². The lowest BCUT2D eigenvalue weighted by atomic mass is 9.91. The highest BCUT2D eigenvalue weighted by molar-refractivity contribution is 5.88. The van der Waals surface area contributed by atoms with E-state index in [0.29, 0.717) is 19.4 Å². The van der Waals surface area contributed by atoms with Crippen LogP contribution in [0.15, 0.2) is 0 Å². The van der Waals surface area contributed by atoms with Crippen LogP contribution >= 0.6 is 0 Å². The highest BCUT2D eigenvalue weighted by Crippen LogP contribution is 2.24. The second-order valence-corrected chi connectivity index (χ2v) is 6.00. The van der Waals surface area contributed by atoms with Gasteiger partial charge in [-0.15, -0.1) is 0 Å². The second kappa shape index (κ2) is 6.18. The van der Waals surface area contributed by atoms with Gasteiger partial charge in [-0.2, -0.15) is 0 Å². The van der Waals surface area contributed by atoms with E-state index in [0.717, 1.165) is 6.42 Å². The van der Waals surface area contributed by atoms with Crippen LogP contribution in [0.4, 0.5) is 0 Å². The molecule has 104 valence electrons. The van der Waals surface area contributed by atoms with E-state index in [9.17, 15) is 9.59 Å². The van der Waals surface area contributed by atoms with Crippen molar-refractivity contribution in [2.24, 2.45) is 5.41 Å². The monoisotopic (exact) mass is 256 g/mol. The van der Waals surface area contributed by atoms with E-state index >= 15 is 0 Å². The molecule has 0 aromatic rings. The molecular formula is C13H24N2O3. The smallest absolute Gasteiger partial charge is 0.242 e. The van der Waals surface area contributed by atoms with Crippen LogP contribution in [-0.4, -0.2) is 47.6 Å². The Balaban J connectivity index is 2.59. The van der Waals surface area contributed by atoms with Gasteiger partial charge in [0.05, 0.1) is 6.61 Å². The average Bonchev–Trinajstić information content (AvgIpc) is 2.72. The van der Waals surface area contributed by atoms with Gasteiger partial charge < -0.3 is 15.3 Å². The minimum Gasteiger partial charge on any atom is -0.395 e. The van der Waals surface area contributed by atoms with Crippen LogP contribution in [0.2, 0.25) is 0 Å². The maximum absolute atomic E-state index is 12.1. The normalized spacial score (nSPS) is 20.0. The molecule has 1 rings (SSSR count). The minimum absolute atomic E-state index is 0.0455. The lowest BCUT2D eigenvalue weighted by Gasteiger charge is -2.27. The molecule has 1 heterocycles. The molecule has 1 atom stereocenters. The lowest BCUT2D eigenvalue weighted by molar-refractivity contribution is -0.139. The quantitative estimate of drug-likeness (QED) is 0.770. The predicted octanol–water partition coefficient (Wildman–Crippen LogP) is 0.522. The fourth-order valence-electron chi connectivity index (χ4n) is 2.19. The van der Waals surface area contributed by atoms with Gasteiger partial charge in [0.25, 0.3) is 0 Å². The van der Waals surface area contributed by atoms with Gasteiger partial charge in [0.15, 0.2) is 0 Å². The van der Waals surface area contributed by atoms with Crippen LogP contribution in [0.5, 0.6) is 0 Å². The Morgan fingerprint density at radius 3 is 2.61 bits per heavy atom. The van der Waals surface area contributed by atoms with Crippen molar-refractivity contribution in [1.82, 2.24) is 10.2 Å². The van der Waals surface area contributed by atoms with Gasteiger partial charge in [-0.3, -0.25) is 9.59 Å². The van der Waals surface area contributed by atoms with E-state index in [2.05, 4.69) is 5.32 Å². The van der Waals surface area contributed by atoms with Crippen molar-refractivity contribution >= 4 is 11.8 Å². The van der Waals surface area contributed by atoms with Crippen LogP contribution in [-0.2, 0) is 9.59 Å². The van der Waals surface area contributed by atoms with Crippen molar-refractivity contribution in [3.8, 4) is 0 Å². The Morgan fingerprint density at radius 2 is 2.06 bits per heavy atom. The molecule has 2 amide bonds. The van der Waals surface area contributed by atoms with Gasteiger partial charge in [-0.05, 0) is 18.3 Å². The van der Waals surface area contributed by atoms with Crippen LogP contribution < -0.4 is 5.32 Å². The number of aliphatic hydroxyl groups is 1. The Hall–Kier alpha value is -1.10. The number of amides is 2. The van der Waals surface area contributed by atoms with E-state index in [4.69, 9.17) is 5.11 Å². The molecule has 1 aliphatic rings. The second-order valence-electron chi connectivity index (χ2n) is 6.00. The van der Waals surface area contributed by atoms with Crippen LogP contribution in [0.3, 0.4) is 0 Å². The van der Waals surface area contributed by atoms with Gasteiger partial charge in [0, 0.05) is 19.5 Å². The van der Waals surface area contributed by atoms with Gasteiger partial charge in [-0.25, -0.2) is 0 Å². The summed E-state index contributed by atoms with van der Waals surface area (Å²) in [6.07, 6.45) is 2.04. The highest BCUT2D eigenvalue weighted by Gasteiger charge is 2.34. The standard InChI is InChI=1S/C13H24N2O3/c1-13(2,3)9-11(17)15-7-4-5-10(15)12(18)14-6-8-16/h10,16H,4-9H2,1-3H3,(H,14,18). The fourth-order valence-corrected chi connectivity index (χ4v) is 2.19. The summed E-state index contributed by atoms with van der Waals surface area (Å²) in [5.74, 6) is -0.104. The number of aliphatic hydroxyl groups excluding tert-OH is 1. The number of hydrogen-bond donors (Lipinski definition) is 2. The Morgan fingerprint density at radius 1 is 1.39 bits per heavy atom. The third-order valence-electron chi connectivity index (χ3n) is 2.97. The molecule has 2 N–H and O–H groups in total. The average molecular weight is 256 g/mol. The molecule has 0 saturated carbocycles. The summed E-state index contributed by atoms with van der Waals surface area (Å²) in [6, 6.07) is -0.355. The van der Waals surface area contributed by atoms with Gasteiger partial charge in [0.2, 0.25) is 11.8 Å². The molecular weight excluding hydrogens is 232 g/mol. The molecule has 1 unspecified atom stereocenters. The topological polar surface area (TPSA) is 69.6 Å². The highest BCUT2D eigenvalue weighted by atomic mass is 16.3. The summed E-state index contributed by atoms with van der Waals surface area (Å²) in [5.41, 5.74) is -0.0637. The van der Waals surface area contributed by atoms with E-state index in [1.165, 1.54) is 0 Å². The molecule has 0 aromatic heterocycles. The SMILES string of the molecule is CC(C)(C)CC(=O)N1CCCC1C(=O)NCCO. The van der Waals surface area contributed by atoms with Crippen molar-refractivity contribution in [2.75, 3.05) is 19.7 Å². The molecule has 18 heavy (non-hydrogen) atoms. The number of hydrogen-bond acceptors (Lipinski definition) is 3. The van der Waals surface area contributed by atoms with Gasteiger partial charge in [-0.1, -0.05) is 20.8 Å². The summed E-state index contributed by atoms with van der Waals surface area (Å²) in [6.45, 7) is 6.88. The maximum atomic E-state index is 12.1. The third-order valence-corrected chi connectivity index (χ3v) is 2.97. The fraction of sp³-hybridized carbons (Fsp3) is 0.846. The molecule has 0 aromatic carbocycles. The van der Waals surface area contributed by atoms with Crippen LogP contribution in [0, 0.1) is 5.41 Å². The Bertz CT molecular complexity index is 310. The first kappa shape index (κ1) is 15.0. The van der Waals surface area contributed by atoms with E-state index < -0.39 is 0 Å². The zero-order valence-corrected chi connectivity index (χ0v) is 11.5. The number of nitrogens with one attached hydrogen (secondary N) is 1. The summed E-state index contributed by atoms with van der Waals surface area (Å²) in [7, 11) is 0. The Labute approximate surface area is 109 Å². The molecule has 0 bridgehead atoms. The molecule has 0 aliphatic carbocycles. The molecule has 1 fully saturated rings. The molecule has 0 spiro atoms. The molecule has 1 aliphatic heterocycles. The number of rotatable bonds is 4. The van der Waals surface area contributed by atoms with Crippen molar-refractivity contribution in [3.63, 3.8) is 0 Å². The summed E-state index contributed by atoms with van der Waals surface area (Å²) < 4.78 is 0. The number of carbonyl (C=O) groups excluding carboxylic acids is 2. The first-order valence-corrected chi connectivity index (χ1v) is 6.53. The molecule has 5 heteroatoms. The molecule has 0 radical (unpaired) electrons. The number of likely N-dealkylation sites (tertiary alicyclic amines) is 1. The van der Waals surface area contributed by atoms with Crippen LogP contribution in [0.25, 0.3) is 0 Å². The van der Waals surface area contributed by atoms with Gasteiger partial charge in [0.1, 0.15) is 6.04 Å². The van der Waals surface area contributed by atoms with E-state index in [-0.39, 0.29) is 36.4 Å². The minimum atomic E-state index is -0.355. The Kier molecular flexibility index (Phi) is 5.14. The number of nitrogens with zero attached hydrogens (tertiary/aromatic N) is 1. The summed E-state index contributed by atoms with van der Waals surface area (Å²) in [4.78, 5) is 25.7. The largest absolute Gasteiger partial charge is 0.395 e. The summed E-state index contributed by atoms with van der Waals surface area (Å²) in [5, 5.41) is 11.3. The summed E-state index contributed by atoms with van der Waals surface area (Å²) >= 11 is 0. The van der Waals surface area contributed by atoms with E-state index in [1.807, 2.05) is 20.8 Å². The van der Waals surface area contributed by atoms with Gasteiger partial charge >= 0.3 is 0 Å².